The number of nitrogens with two attached hydrogens (primary N) is 1. The lowest BCUT2D eigenvalue weighted by Gasteiger charge is -2.20. The van der Waals surface area contributed by atoms with Crippen molar-refractivity contribution in [2.24, 2.45) is 5.73 Å². The fraction of sp³-hybridized carbons (Fsp3) is 0.259. The van der Waals surface area contributed by atoms with E-state index in [1.807, 2.05) is 63.2 Å². The number of rotatable bonds is 7. The Morgan fingerprint density at radius 2 is 1.91 bits per heavy atom. The standard InChI is InChI=1S/C27H27FN2O4/c1-27(2,3)34-24(31)14-18-6-4-5-7-23(18)33-16-17-12-19-9-11-32-26(19)21(13-17)20-8-10-30-22(15-29)25(20)28/h4-13H,14-16,29H2,1-3H3. The molecule has 2 aromatic heterocycles. The molecule has 34 heavy (non-hydrogen) atoms. The molecule has 0 spiro atoms. The summed E-state index contributed by atoms with van der Waals surface area (Å²) in [5, 5.41) is 0.823. The molecule has 176 valence electrons. The number of hydrogen-bond acceptors (Lipinski definition) is 6. The molecule has 2 aromatic carbocycles. The van der Waals surface area contributed by atoms with Gasteiger partial charge >= 0.3 is 5.97 Å². The Bertz CT molecular complexity index is 1320. The highest BCUT2D eigenvalue weighted by Gasteiger charge is 2.19. The van der Waals surface area contributed by atoms with Crippen LogP contribution in [0.3, 0.4) is 0 Å². The number of esters is 1. The first-order valence-corrected chi connectivity index (χ1v) is 11.0. The maximum atomic E-state index is 15.0. The molecule has 0 fully saturated rings. The Hall–Kier alpha value is -3.71. The van der Waals surface area contributed by atoms with Crippen LogP contribution < -0.4 is 10.5 Å². The number of pyridine rings is 1. The minimum absolute atomic E-state index is 0.00178. The van der Waals surface area contributed by atoms with Gasteiger partial charge in [0, 0.05) is 34.8 Å². The van der Waals surface area contributed by atoms with E-state index in [2.05, 4.69) is 4.98 Å². The number of fused-ring (bicyclic) bond motifs is 1. The van der Waals surface area contributed by atoms with Gasteiger partial charge in [-0.2, -0.15) is 0 Å². The lowest BCUT2D eigenvalue weighted by Crippen LogP contribution is -2.25. The van der Waals surface area contributed by atoms with Crippen LogP contribution in [0.25, 0.3) is 22.1 Å². The van der Waals surface area contributed by atoms with Gasteiger partial charge in [0.25, 0.3) is 0 Å². The molecule has 0 atom stereocenters. The van der Waals surface area contributed by atoms with Crippen LogP contribution in [0.5, 0.6) is 5.75 Å². The number of benzene rings is 2. The fourth-order valence-electron chi connectivity index (χ4n) is 3.75. The summed E-state index contributed by atoms with van der Waals surface area (Å²) in [4.78, 5) is 16.3. The van der Waals surface area contributed by atoms with Gasteiger partial charge < -0.3 is 19.6 Å². The predicted molar refractivity (Wildman–Crippen MR) is 128 cm³/mol. The Labute approximate surface area is 197 Å². The normalized spacial score (nSPS) is 11.6. The van der Waals surface area contributed by atoms with E-state index in [4.69, 9.17) is 19.6 Å². The summed E-state index contributed by atoms with van der Waals surface area (Å²) in [6.07, 6.45) is 3.20. The van der Waals surface area contributed by atoms with Gasteiger partial charge in [-0.1, -0.05) is 18.2 Å². The molecule has 2 heterocycles. The van der Waals surface area contributed by atoms with E-state index in [0.717, 1.165) is 16.5 Å². The topological polar surface area (TPSA) is 87.6 Å². The highest BCUT2D eigenvalue weighted by molar-refractivity contribution is 5.93. The zero-order chi connectivity index (χ0) is 24.3. The third-order valence-electron chi connectivity index (χ3n) is 5.18. The summed E-state index contributed by atoms with van der Waals surface area (Å²) in [6.45, 7) is 5.71. The third-order valence-corrected chi connectivity index (χ3v) is 5.18. The quantitative estimate of drug-likeness (QED) is 0.362. The van der Waals surface area contributed by atoms with Crippen LogP contribution >= 0.6 is 0 Å². The molecule has 0 amide bonds. The number of carbonyl (C=O) groups excluding carboxylic acids is 1. The molecule has 0 aliphatic rings. The van der Waals surface area contributed by atoms with E-state index in [-0.39, 0.29) is 31.2 Å². The number of ether oxygens (including phenoxy) is 2. The second-order valence-corrected chi connectivity index (χ2v) is 8.97. The van der Waals surface area contributed by atoms with Crippen molar-refractivity contribution in [3.63, 3.8) is 0 Å². The second kappa shape index (κ2) is 9.65. The van der Waals surface area contributed by atoms with Gasteiger partial charge in [-0.3, -0.25) is 9.78 Å². The molecule has 0 unspecified atom stereocenters. The first-order chi connectivity index (χ1) is 16.2. The van der Waals surface area contributed by atoms with Crippen molar-refractivity contribution in [2.75, 3.05) is 0 Å². The first kappa shape index (κ1) is 23.4. The Kier molecular flexibility index (Phi) is 6.65. The van der Waals surface area contributed by atoms with Crippen molar-refractivity contribution in [2.45, 2.75) is 45.9 Å². The molecule has 0 aliphatic carbocycles. The second-order valence-electron chi connectivity index (χ2n) is 8.97. The fourth-order valence-corrected chi connectivity index (χ4v) is 3.75. The van der Waals surface area contributed by atoms with E-state index in [1.54, 1.807) is 12.3 Å². The maximum Gasteiger partial charge on any atom is 0.310 e. The summed E-state index contributed by atoms with van der Waals surface area (Å²) in [5.74, 6) is -0.208. The number of furan rings is 1. The lowest BCUT2D eigenvalue weighted by molar-refractivity contribution is -0.153. The van der Waals surface area contributed by atoms with Crippen LogP contribution in [0.4, 0.5) is 4.39 Å². The van der Waals surface area contributed by atoms with Crippen molar-refractivity contribution in [3.8, 4) is 16.9 Å². The van der Waals surface area contributed by atoms with Crippen LogP contribution in [0.1, 0.15) is 37.6 Å². The molecule has 4 aromatic rings. The Morgan fingerprint density at radius 1 is 1.12 bits per heavy atom. The number of carbonyl (C=O) groups is 1. The van der Waals surface area contributed by atoms with Crippen molar-refractivity contribution in [1.82, 2.24) is 4.98 Å². The van der Waals surface area contributed by atoms with Crippen molar-refractivity contribution in [1.29, 1.82) is 0 Å². The molecule has 2 N–H and O–H groups in total. The first-order valence-electron chi connectivity index (χ1n) is 11.0. The monoisotopic (exact) mass is 462 g/mol. The van der Waals surface area contributed by atoms with Crippen molar-refractivity contribution >= 4 is 16.9 Å². The minimum Gasteiger partial charge on any atom is -0.489 e. The largest absolute Gasteiger partial charge is 0.489 e. The summed E-state index contributed by atoms with van der Waals surface area (Å²) in [7, 11) is 0. The van der Waals surface area contributed by atoms with Gasteiger partial charge in [-0.25, -0.2) is 4.39 Å². The molecule has 0 saturated heterocycles. The van der Waals surface area contributed by atoms with Crippen LogP contribution in [-0.4, -0.2) is 16.6 Å². The van der Waals surface area contributed by atoms with Crippen LogP contribution in [0.15, 0.2) is 65.4 Å². The Morgan fingerprint density at radius 3 is 2.68 bits per heavy atom. The molecule has 0 saturated carbocycles. The number of halogens is 1. The summed E-state index contributed by atoms with van der Waals surface area (Å²) < 4.78 is 32.2. The molecular weight excluding hydrogens is 435 g/mol. The van der Waals surface area contributed by atoms with Crippen LogP contribution in [0, 0.1) is 5.82 Å². The number of aromatic nitrogens is 1. The lowest BCUT2D eigenvalue weighted by atomic mass is 10.00. The molecule has 6 nitrogen and oxygen atoms in total. The Balaban J connectivity index is 1.61. The molecular formula is C27H27FN2O4. The zero-order valence-electron chi connectivity index (χ0n) is 19.4. The number of nitrogens with zero attached hydrogens (tertiary/aromatic N) is 1. The van der Waals surface area contributed by atoms with E-state index in [9.17, 15) is 4.79 Å². The maximum absolute atomic E-state index is 15.0. The van der Waals surface area contributed by atoms with Crippen molar-refractivity contribution in [3.05, 3.63) is 83.6 Å². The van der Waals surface area contributed by atoms with Gasteiger partial charge in [0.15, 0.2) is 5.82 Å². The van der Waals surface area contributed by atoms with Crippen LogP contribution in [-0.2, 0) is 29.1 Å². The number of hydrogen-bond donors (Lipinski definition) is 1. The minimum atomic E-state index is -0.560. The van der Waals surface area contributed by atoms with Gasteiger partial charge in [0.05, 0.1) is 18.4 Å². The average Bonchev–Trinajstić information content (AvgIpc) is 3.26. The molecule has 0 radical (unpaired) electrons. The molecule has 7 heteroatoms. The smallest absolute Gasteiger partial charge is 0.310 e. The van der Waals surface area contributed by atoms with Crippen molar-refractivity contribution < 1.29 is 23.1 Å². The van der Waals surface area contributed by atoms with E-state index in [0.29, 0.717) is 22.5 Å². The summed E-state index contributed by atoms with van der Waals surface area (Å²) >= 11 is 0. The molecule has 4 rings (SSSR count). The third kappa shape index (κ3) is 5.26. The highest BCUT2D eigenvalue weighted by Crippen LogP contribution is 2.33. The zero-order valence-corrected chi connectivity index (χ0v) is 19.4. The van der Waals surface area contributed by atoms with E-state index >= 15 is 4.39 Å². The highest BCUT2D eigenvalue weighted by atomic mass is 19.1. The number of para-hydroxylation sites is 1. The van der Waals surface area contributed by atoms with Gasteiger partial charge in [-0.15, -0.1) is 0 Å². The van der Waals surface area contributed by atoms with Gasteiger partial charge in [0.2, 0.25) is 0 Å². The molecule has 0 aliphatic heterocycles. The van der Waals surface area contributed by atoms with Gasteiger partial charge in [0.1, 0.15) is 23.5 Å². The summed E-state index contributed by atoms with van der Waals surface area (Å²) in [6, 6.07) is 14.5. The van der Waals surface area contributed by atoms with Crippen LogP contribution in [0.2, 0.25) is 0 Å². The summed E-state index contributed by atoms with van der Waals surface area (Å²) in [5.41, 5.74) is 8.35. The predicted octanol–water partition coefficient (Wildman–Crippen LogP) is 5.56. The van der Waals surface area contributed by atoms with E-state index < -0.39 is 11.4 Å². The van der Waals surface area contributed by atoms with E-state index in [1.165, 1.54) is 6.20 Å². The van der Waals surface area contributed by atoms with Gasteiger partial charge in [-0.05, 0) is 56.7 Å². The SMILES string of the molecule is CC(C)(C)OC(=O)Cc1ccccc1OCc1cc(-c2ccnc(CN)c2F)c2occc2c1. The molecule has 0 bridgehead atoms. The average molecular weight is 463 g/mol.